The second-order valence-electron chi connectivity index (χ2n) is 7.62. The Hall–Kier alpha value is -1.86. The Kier molecular flexibility index (Phi) is 3.72. The van der Waals surface area contributed by atoms with Crippen LogP contribution < -0.4 is 4.90 Å². The summed E-state index contributed by atoms with van der Waals surface area (Å²) in [5.74, 6) is -1.35. The Labute approximate surface area is 162 Å². The zero-order chi connectivity index (χ0) is 18.8. The van der Waals surface area contributed by atoms with Gasteiger partial charge >= 0.3 is 0 Å². The molecular weight excluding hydrogens is 364 g/mol. The van der Waals surface area contributed by atoms with Gasteiger partial charge in [-0.2, -0.15) is 0 Å². The molecule has 0 aromatic heterocycles. The number of carbonyl (C=O) groups excluding carboxylic acids is 3. The lowest BCUT2D eigenvalue weighted by molar-refractivity contribution is -0.149. The fourth-order valence-electron chi connectivity index (χ4n) is 5.34. The van der Waals surface area contributed by atoms with Crippen LogP contribution in [0, 0.1) is 11.8 Å². The Morgan fingerprint density at radius 3 is 2.56 bits per heavy atom. The molecule has 4 saturated heterocycles. The molecule has 4 aliphatic heterocycles. The van der Waals surface area contributed by atoms with Crippen molar-refractivity contribution >= 4 is 35.2 Å². The Morgan fingerprint density at radius 1 is 1.07 bits per heavy atom. The number of fused-ring (bicyclic) bond motifs is 3. The molecule has 4 fully saturated rings. The number of benzene rings is 1. The van der Waals surface area contributed by atoms with Gasteiger partial charge in [0.2, 0.25) is 16.7 Å². The quantitative estimate of drug-likeness (QED) is 0.746. The number of nitrogens with zero attached hydrogens (tertiary/aromatic N) is 2. The summed E-state index contributed by atoms with van der Waals surface area (Å²) >= 11 is 1.37. The second-order valence-corrected chi connectivity index (χ2v) is 9.09. The summed E-state index contributed by atoms with van der Waals surface area (Å²) in [4.78, 5) is 42.1. The molecule has 4 atom stereocenters. The number of anilines is 1. The van der Waals surface area contributed by atoms with Crippen molar-refractivity contribution in [3.8, 4) is 0 Å². The molecule has 1 spiro atoms. The molecule has 142 valence electrons. The van der Waals surface area contributed by atoms with Crippen molar-refractivity contribution in [2.45, 2.75) is 43.3 Å². The SMILES string of the molecule is CCS[C@@]12O[C@]3(CCCCCN3C1=O)[C@@H]1C(=O)N(c3ccccc3)C(=O)[C@@H]12. The largest absolute Gasteiger partial charge is 0.327 e. The molecule has 27 heavy (non-hydrogen) atoms. The van der Waals surface area contributed by atoms with E-state index < -0.39 is 22.5 Å². The number of hydrogen-bond acceptors (Lipinski definition) is 5. The van der Waals surface area contributed by atoms with Gasteiger partial charge in [0.1, 0.15) is 11.8 Å². The first kappa shape index (κ1) is 17.3. The van der Waals surface area contributed by atoms with Crippen molar-refractivity contribution in [2.24, 2.45) is 11.8 Å². The summed E-state index contributed by atoms with van der Waals surface area (Å²) in [5, 5.41) is 0. The molecule has 5 rings (SSSR count). The highest BCUT2D eigenvalue weighted by atomic mass is 32.2. The average Bonchev–Trinajstić information content (AvgIpc) is 3.11. The first-order valence-corrected chi connectivity index (χ1v) is 10.6. The molecule has 0 radical (unpaired) electrons. The van der Waals surface area contributed by atoms with Crippen LogP contribution in [0.5, 0.6) is 0 Å². The monoisotopic (exact) mass is 386 g/mol. The Morgan fingerprint density at radius 2 is 1.81 bits per heavy atom. The molecular formula is C20H22N2O4S. The van der Waals surface area contributed by atoms with Gasteiger partial charge in [0.25, 0.3) is 5.91 Å². The standard InChI is InChI=1S/C20H22N2O4S/c1-2-27-20-15-14(16(23)22(17(15)24)13-9-5-3-6-10-13)19(26-20)11-7-4-8-12-21(19)18(20)25/h3,5-6,9-10,14-15H,2,4,7-8,11-12H2,1H3/t14-,15+,19+,20+/m0/s1. The number of amides is 3. The van der Waals surface area contributed by atoms with Crippen molar-refractivity contribution in [3.63, 3.8) is 0 Å². The number of imide groups is 1. The van der Waals surface area contributed by atoms with Gasteiger partial charge in [0.15, 0.2) is 5.72 Å². The molecule has 1 aromatic rings. The highest BCUT2D eigenvalue weighted by Gasteiger charge is 2.82. The van der Waals surface area contributed by atoms with Crippen LogP contribution in [0.2, 0.25) is 0 Å². The van der Waals surface area contributed by atoms with Gasteiger partial charge in [-0.15, -0.1) is 11.8 Å². The zero-order valence-electron chi connectivity index (χ0n) is 15.2. The highest BCUT2D eigenvalue weighted by molar-refractivity contribution is 8.01. The Bertz CT molecular complexity index is 831. The highest BCUT2D eigenvalue weighted by Crippen LogP contribution is 2.65. The molecule has 0 aliphatic carbocycles. The van der Waals surface area contributed by atoms with E-state index in [1.165, 1.54) is 16.7 Å². The van der Waals surface area contributed by atoms with E-state index in [0.29, 0.717) is 24.4 Å². The van der Waals surface area contributed by atoms with E-state index in [2.05, 4.69) is 0 Å². The maximum Gasteiger partial charge on any atom is 0.268 e. The van der Waals surface area contributed by atoms with E-state index in [-0.39, 0.29) is 17.7 Å². The maximum atomic E-state index is 13.5. The van der Waals surface area contributed by atoms with Gasteiger partial charge < -0.3 is 9.64 Å². The van der Waals surface area contributed by atoms with E-state index >= 15 is 0 Å². The number of thioether (sulfide) groups is 1. The van der Waals surface area contributed by atoms with Crippen LogP contribution in [0.3, 0.4) is 0 Å². The second kappa shape index (κ2) is 5.82. The van der Waals surface area contributed by atoms with E-state index in [9.17, 15) is 14.4 Å². The lowest BCUT2D eigenvalue weighted by atomic mass is 9.79. The Balaban J connectivity index is 1.66. The molecule has 0 unspecified atom stereocenters. The first-order valence-electron chi connectivity index (χ1n) is 9.66. The lowest BCUT2D eigenvalue weighted by Crippen LogP contribution is -2.59. The van der Waals surface area contributed by atoms with Crippen LogP contribution >= 0.6 is 11.8 Å². The van der Waals surface area contributed by atoms with E-state index in [0.717, 1.165) is 19.3 Å². The van der Waals surface area contributed by atoms with Crippen LogP contribution in [-0.4, -0.2) is 45.6 Å². The van der Waals surface area contributed by atoms with Crippen molar-refractivity contribution in [2.75, 3.05) is 17.2 Å². The predicted molar refractivity (Wildman–Crippen MR) is 101 cm³/mol. The van der Waals surface area contributed by atoms with Crippen molar-refractivity contribution in [3.05, 3.63) is 30.3 Å². The van der Waals surface area contributed by atoms with E-state index in [1.807, 2.05) is 25.1 Å². The molecule has 3 amide bonds. The van der Waals surface area contributed by atoms with Crippen LogP contribution in [0.15, 0.2) is 30.3 Å². The topological polar surface area (TPSA) is 66.9 Å². The summed E-state index contributed by atoms with van der Waals surface area (Å²) in [6.07, 6.45) is 3.43. The molecule has 6 nitrogen and oxygen atoms in total. The van der Waals surface area contributed by atoms with Crippen LogP contribution in [0.4, 0.5) is 5.69 Å². The minimum Gasteiger partial charge on any atom is -0.327 e. The van der Waals surface area contributed by atoms with E-state index in [4.69, 9.17) is 4.74 Å². The van der Waals surface area contributed by atoms with Crippen molar-refractivity contribution in [1.29, 1.82) is 0 Å². The minimum atomic E-state index is -1.26. The lowest BCUT2D eigenvalue weighted by Gasteiger charge is -2.39. The van der Waals surface area contributed by atoms with E-state index in [1.54, 1.807) is 17.0 Å². The van der Waals surface area contributed by atoms with Gasteiger partial charge in [0.05, 0.1) is 5.69 Å². The van der Waals surface area contributed by atoms with Gasteiger partial charge in [-0.25, -0.2) is 4.90 Å². The number of para-hydroxylation sites is 1. The molecule has 7 heteroatoms. The number of hydrogen-bond donors (Lipinski definition) is 0. The summed E-state index contributed by atoms with van der Waals surface area (Å²) < 4.78 is 6.45. The van der Waals surface area contributed by atoms with Crippen LogP contribution in [0.1, 0.15) is 32.6 Å². The summed E-state index contributed by atoms with van der Waals surface area (Å²) in [7, 11) is 0. The summed E-state index contributed by atoms with van der Waals surface area (Å²) in [6.45, 7) is 2.55. The average molecular weight is 386 g/mol. The normalized spacial score (nSPS) is 37.6. The zero-order valence-corrected chi connectivity index (χ0v) is 16.0. The summed E-state index contributed by atoms with van der Waals surface area (Å²) in [6, 6.07) is 9.01. The van der Waals surface area contributed by atoms with Gasteiger partial charge in [-0.05, 0) is 37.1 Å². The predicted octanol–water partition coefficient (Wildman–Crippen LogP) is 2.38. The minimum absolute atomic E-state index is 0.117. The third-order valence-electron chi connectivity index (χ3n) is 6.32. The molecule has 0 saturated carbocycles. The fourth-order valence-corrected chi connectivity index (χ4v) is 6.62. The smallest absolute Gasteiger partial charge is 0.268 e. The van der Waals surface area contributed by atoms with Gasteiger partial charge in [-0.3, -0.25) is 14.4 Å². The molecule has 0 N–H and O–H groups in total. The third kappa shape index (κ3) is 1.99. The third-order valence-corrected chi connectivity index (χ3v) is 7.55. The molecule has 1 aromatic carbocycles. The van der Waals surface area contributed by atoms with Crippen LogP contribution in [0.25, 0.3) is 0 Å². The number of carbonyl (C=O) groups is 3. The van der Waals surface area contributed by atoms with Crippen molar-refractivity contribution in [1.82, 2.24) is 4.90 Å². The first-order chi connectivity index (χ1) is 13.1. The van der Waals surface area contributed by atoms with Crippen LogP contribution in [-0.2, 0) is 19.1 Å². The maximum absolute atomic E-state index is 13.5. The van der Waals surface area contributed by atoms with Gasteiger partial charge in [-0.1, -0.05) is 31.5 Å². The van der Waals surface area contributed by atoms with Crippen molar-refractivity contribution < 1.29 is 19.1 Å². The number of ether oxygens (including phenoxy) is 1. The number of rotatable bonds is 3. The fraction of sp³-hybridized carbons (Fsp3) is 0.550. The summed E-state index contributed by atoms with van der Waals surface area (Å²) in [5.41, 5.74) is -0.390. The molecule has 4 heterocycles. The number of piperidine rings is 1. The molecule has 4 aliphatic rings. The van der Waals surface area contributed by atoms with Gasteiger partial charge in [0, 0.05) is 6.54 Å². The molecule has 2 bridgehead atoms.